The van der Waals surface area contributed by atoms with Gasteiger partial charge in [-0.05, 0) is 66.1 Å². The van der Waals surface area contributed by atoms with E-state index in [0.717, 1.165) is 10.9 Å². The van der Waals surface area contributed by atoms with Gasteiger partial charge in [0.05, 0.1) is 22.1 Å². The highest BCUT2D eigenvalue weighted by molar-refractivity contribution is 9.10. The van der Waals surface area contributed by atoms with E-state index in [1.807, 2.05) is 26.0 Å². The quantitative estimate of drug-likeness (QED) is 0.238. The standard InChI is InChI=1S/C26H22BrClFN3O2/c1-3-16(2)25-31-23-9-8-19(27)13-21(23)26(33)32(25)30-14-17-7-10-24(22(28)12-17)34-15-18-5-4-6-20(29)11-18/h4-14,16H,3,15H2,1-2H3/t16-/m1/s1. The van der Waals surface area contributed by atoms with Crippen LogP contribution in [-0.2, 0) is 6.61 Å². The molecular weight excluding hydrogens is 521 g/mol. The molecule has 4 aromatic rings. The lowest BCUT2D eigenvalue weighted by molar-refractivity contribution is 0.306. The van der Waals surface area contributed by atoms with Crippen molar-refractivity contribution >= 4 is 44.6 Å². The zero-order valence-electron chi connectivity index (χ0n) is 18.6. The first-order chi connectivity index (χ1) is 16.4. The van der Waals surface area contributed by atoms with Gasteiger partial charge in [-0.1, -0.05) is 53.5 Å². The monoisotopic (exact) mass is 541 g/mol. The summed E-state index contributed by atoms with van der Waals surface area (Å²) in [6.07, 6.45) is 2.38. The van der Waals surface area contributed by atoms with Crippen LogP contribution in [0.25, 0.3) is 10.9 Å². The van der Waals surface area contributed by atoms with Crippen molar-refractivity contribution in [2.75, 3.05) is 0 Å². The summed E-state index contributed by atoms with van der Waals surface area (Å²) in [6, 6.07) is 16.8. The van der Waals surface area contributed by atoms with E-state index >= 15 is 0 Å². The molecule has 3 aromatic carbocycles. The number of fused-ring (bicyclic) bond motifs is 1. The number of rotatable bonds is 7. The summed E-state index contributed by atoms with van der Waals surface area (Å²) >= 11 is 9.81. The number of hydrogen-bond donors (Lipinski definition) is 0. The van der Waals surface area contributed by atoms with Gasteiger partial charge < -0.3 is 4.74 Å². The Morgan fingerprint density at radius 3 is 2.76 bits per heavy atom. The van der Waals surface area contributed by atoms with Crippen LogP contribution >= 0.6 is 27.5 Å². The van der Waals surface area contributed by atoms with Gasteiger partial charge in [0.15, 0.2) is 0 Å². The predicted molar refractivity (Wildman–Crippen MR) is 138 cm³/mol. The van der Waals surface area contributed by atoms with Crippen molar-refractivity contribution in [2.24, 2.45) is 5.10 Å². The molecule has 1 heterocycles. The van der Waals surface area contributed by atoms with E-state index in [2.05, 4.69) is 21.0 Å². The van der Waals surface area contributed by atoms with Gasteiger partial charge in [-0.3, -0.25) is 4.79 Å². The lowest BCUT2D eigenvalue weighted by atomic mass is 10.1. The molecule has 0 unspecified atom stereocenters. The number of benzene rings is 3. The van der Waals surface area contributed by atoms with Crippen molar-refractivity contribution < 1.29 is 9.13 Å². The summed E-state index contributed by atoms with van der Waals surface area (Å²) in [4.78, 5) is 17.9. The first kappa shape index (κ1) is 24.1. The molecule has 8 heteroatoms. The number of aromatic nitrogens is 2. The fourth-order valence-corrected chi connectivity index (χ4v) is 4.01. The molecule has 0 saturated carbocycles. The largest absolute Gasteiger partial charge is 0.487 e. The minimum absolute atomic E-state index is 0.0417. The molecule has 0 spiro atoms. The first-order valence-corrected chi connectivity index (χ1v) is 12.0. The molecule has 0 aliphatic carbocycles. The Balaban J connectivity index is 1.62. The Bertz CT molecular complexity index is 1440. The number of halogens is 3. The lowest BCUT2D eigenvalue weighted by Gasteiger charge is -2.14. The number of ether oxygens (including phenoxy) is 1. The van der Waals surface area contributed by atoms with Crippen molar-refractivity contribution in [1.29, 1.82) is 0 Å². The summed E-state index contributed by atoms with van der Waals surface area (Å²) in [5.41, 5.74) is 1.80. The Labute approximate surface area is 210 Å². The van der Waals surface area contributed by atoms with Gasteiger partial charge in [0.1, 0.15) is 24.0 Å². The first-order valence-electron chi connectivity index (χ1n) is 10.8. The normalized spacial score (nSPS) is 12.4. The molecular formula is C26H22BrClFN3O2. The van der Waals surface area contributed by atoms with E-state index in [9.17, 15) is 9.18 Å². The summed E-state index contributed by atoms with van der Waals surface area (Å²) in [7, 11) is 0. The Morgan fingerprint density at radius 1 is 1.21 bits per heavy atom. The minimum atomic E-state index is -0.318. The summed E-state index contributed by atoms with van der Waals surface area (Å²) in [6.45, 7) is 4.25. The van der Waals surface area contributed by atoms with Crippen LogP contribution in [-0.4, -0.2) is 15.9 Å². The van der Waals surface area contributed by atoms with E-state index in [4.69, 9.17) is 21.3 Å². The maximum atomic E-state index is 13.4. The van der Waals surface area contributed by atoms with Crippen molar-refractivity contribution in [1.82, 2.24) is 9.66 Å². The third-order valence-electron chi connectivity index (χ3n) is 5.45. The Hall–Kier alpha value is -3.03. The molecule has 1 aromatic heterocycles. The molecule has 174 valence electrons. The van der Waals surface area contributed by atoms with Crippen LogP contribution in [0.5, 0.6) is 5.75 Å². The van der Waals surface area contributed by atoms with Crippen LogP contribution in [0.4, 0.5) is 4.39 Å². The van der Waals surface area contributed by atoms with Crippen LogP contribution in [0.15, 0.2) is 75.0 Å². The zero-order valence-corrected chi connectivity index (χ0v) is 21.0. The van der Waals surface area contributed by atoms with Crippen LogP contribution < -0.4 is 10.3 Å². The van der Waals surface area contributed by atoms with Gasteiger partial charge in [0.25, 0.3) is 5.56 Å². The Morgan fingerprint density at radius 2 is 2.03 bits per heavy atom. The molecule has 0 saturated heterocycles. The zero-order chi connectivity index (χ0) is 24.2. The summed E-state index contributed by atoms with van der Waals surface area (Å²) in [5, 5.41) is 5.33. The number of hydrogen-bond acceptors (Lipinski definition) is 4. The van der Waals surface area contributed by atoms with Gasteiger partial charge in [-0.25, -0.2) is 9.37 Å². The maximum absolute atomic E-state index is 13.4. The van der Waals surface area contributed by atoms with Gasteiger partial charge in [-0.15, -0.1) is 0 Å². The second-order valence-corrected chi connectivity index (χ2v) is 9.23. The van der Waals surface area contributed by atoms with Crippen LogP contribution in [0, 0.1) is 5.82 Å². The predicted octanol–water partition coefficient (Wildman–Crippen LogP) is 6.93. The molecule has 0 N–H and O–H groups in total. The van der Waals surface area contributed by atoms with E-state index in [0.29, 0.717) is 38.6 Å². The van der Waals surface area contributed by atoms with Crippen molar-refractivity contribution in [2.45, 2.75) is 32.8 Å². The molecule has 0 radical (unpaired) electrons. The molecule has 0 bridgehead atoms. The fraction of sp³-hybridized carbons (Fsp3) is 0.192. The highest BCUT2D eigenvalue weighted by Crippen LogP contribution is 2.26. The highest BCUT2D eigenvalue weighted by Gasteiger charge is 2.15. The molecule has 5 nitrogen and oxygen atoms in total. The minimum Gasteiger partial charge on any atom is -0.487 e. The van der Waals surface area contributed by atoms with E-state index < -0.39 is 0 Å². The third kappa shape index (κ3) is 5.37. The van der Waals surface area contributed by atoms with Crippen molar-refractivity contribution in [3.05, 3.63) is 103 Å². The second-order valence-electron chi connectivity index (χ2n) is 7.91. The molecule has 0 aliphatic rings. The smallest absolute Gasteiger partial charge is 0.282 e. The Kier molecular flexibility index (Phi) is 7.44. The fourth-order valence-electron chi connectivity index (χ4n) is 3.41. The van der Waals surface area contributed by atoms with Crippen molar-refractivity contribution in [3.8, 4) is 5.75 Å². The molecule has 34 heavy (non-hydrogen) atoms. The van der Waals surface area contributed by atoms with Gasteiger partial charge in [0, 0.05) is 10.4 Å². The summed E-state index contributed by atoms with van der Waals surface area (Å²) in [5.74, 6) is 0.791. The van der Waals surface area contributed by atoms with Crippen molar-refractivity contribution in [3.63, 3.8) is 0 Å². The second kappa shape index (κ2) is 10.5. The van der Waals surface area contributed by atoms with Crippen LogP contribution in [0.3, 0.4) is 0 Å². The SMILES string of the molecule is CC[C@@H](C)c1nc2ccc(Br)cc2c(=O)n1N=Cc1ccc(OCc2cccc(F)c2)c(Cl)c1. The third-order valence-corrected chi connectivity index (χ3v) is 6.24. The number of nitrogens with zero attached hydrogens (tertiary/aromatic N) is 3. The topological polar surface area (TPSA) is 56.5 Å². The van der Waals surface area contributed by atoms with Gasteiger partial charge in [0.2, 0.25) is 0 Å². The molecule has 0 aliphatic heterocycles. The lowest BCUT2D eigenvalue weighted by Crippen LogP contribution is -2.23. The van der Waals surface area contributed by atoms with E-state index in [-0.39, 0.29) is 23.9 Å². The average Bonchev–Trinajstić information content (AvgIpc) is 2.82. The van der Waals surface area contributed by atoms with Crippen LogP contribution in [0.1, 0.15) is 43.1 Å². The summed E-state index contributed by atoms with van der Waals surface area (Å²) < 4.78 is 21.2. The molecule has 4 rings (SSSR count). The van der Waals surface area contributed by atoms with Gasteiger partial charge >= 0.3 is 0 Å². The van der Waals surface area contributed by atoms with E-state index in [1.54, 1.807) is 42.6 Å². The molecule has 0 fully saturated rings. The maximum Gasteiger partial charge on any atom is 0.282 e. The van der Waals surface area contributed by atoms with Gasteiger partial charge in [-0.2, -0.15) is 9.78 Å². The van der Waals surface area contributed by atoms with E-state index in [1.165, 1.54) is 16.8 Å². The molecule has 1 atom stereocenters. The average molecular weight is 543 g/mol. The molecule has 0 amide bonds. The highest BCUT2D eigenvalue weighted by atomic mass is 79.9. The van der Waals surface area contributed by atoms with Crippen LogP contribution in [0.2, 0.25) is 5.02 Å².